The number of rotatable bonds is 5. The molecule has 0 aliphatic heterocycles. The van der Waals surface area contributed by atoms with E-state index in [1.165, 1.54) is 30.3 Å². The first kappa shape index (κ1) is 19.6. The van der Waals surface area contributed by atoms with Crippen molar-refractivity contribution in [3.63, 3.8) is 0 Å². The van der Waals surface area contributed by atoms with Crippen molar-refractivity contribution < 1.29 is 17.9 Å². The quantitative estimate of drug-likeness (QED) is 0.446. The molecule has 4 aromatic rings. The lowest BCUT2D eigenvalue weighted by molar-refractivity contribution is 0.415. The van der Waals surface area contributed by atoms with Crippen molar-refractivity contribution in [2.45, 2.75) is 13.0 Å². The lowest BCUT2D eigenvalue weighted by atomic mass is 9.99. The molecule has 4 rings (SSSR count). The average Bonchev–Trinajstić information content (AvgIpc) is 2.74. The second kappa shape index (κ2) is 7.99. The Morgan fingerprint density at radius 3 is 2.40 bits per heavy atom. The van der Waals surface area contributed by atoms with Crippen LogP contribution in [0.3, 0.4) is 0 Å². The zero-order valence-electron chi connectivity index (χ0n) is 16.4. The Kier molecular flexibility index (Phi) is 5.23. The number of ether oxygens (including phenoxy) is 1. The van der Waals surface area contributed by atoms with Gasteiger partial charge in [-0.05, 0) is 67.1 Å². The van der Waals surface area contributed by atoms with Gasteiger partial charge in [-0.3, -0.25) is 4.79 Å². The third-order valence-corrected chi connectivity index (χ3v) is 4.86. The fourth-order valence-corrected chi connectivity index (χ4v) is 3.41. The molecule has 0 saturated carbocycles. The van der Waals surface area contributed by atoms with Gasteiger partial charge in [-0.2, -0.15) is 0 Å². The van der Waals surface area contributed by atoms with Gasteiger partial charge in [0.05, 0.1) is 24.1 Å². The molecule has 0 fully saturated rings. The van der Waals surface area contributed by atoms with Gasteiger partial charge in [0, 0.05) is 5.69 Å². The Hall–Kier alpha value is -3.67. The summed E-state index contributed by atoms with van der Waals surface area (Å²) in [5.41, 5.74) is 1.20. The molecule has 0 spiro atoms. The zero-order valence-corrected chi connectivity index (χ0v) is 16.4. The van der Waals surface area contributed by atoms with Crippen molar-refractivity contribution in [2.75, 3.05) is 12.4 Å². The Bertz CT molecular complexity index is 1270. The van der Waals surface area contributed by atoms with Crippen LogP contribution < -0.4 is 15.5 Å². The molecule has 0 saturated heterocycles. The number of hydrogen-bond acceptors (Lipinski definition) is 4. The summed E-state index contributed by atoms with van der Waals surface area (Å²) in [6.45, 7) is 1.83. The summed E-state index contributed by atoms with van der Waals surface area (Å²) in [6.07, 6.45) is 0. The van der Waals surface area contributed by atoms with Gasteiger partial charge in [-0.15, -0.1) is 0 Å². The number of hydrogen-bond donors (Lipinski definition) is 1. The molecule has 1 N–H and O–H groups in total. The standard InChI is InChI=1S/C24H19F2NO3/c1-14(27-18-7-9-19(29-2)10-8-18)24-22(15-4-3-5-16(25)12-15)23(28)20-13-17(26)6-11-21(20)30-24/h3-14,27H,1-2H3. The minimum Gasteiger partial charge on any atom is -0.497 e. The number of anilines is 1. The van der Waals surface area contributed by atoms with Crippen molar-refractivity contribution in [1.82, 2.24) is 0 Å². The van der Waals surface area contributed by atoms with E-state index in [0.717, 1.165) is 11.8 Å². The van der Waals surface area contributed by atoms with Crippen LogP contribution >= 0.6 is 0 Å². The van der Waals surface area contributed by atoms with Crippen LogP contribution in [-0.2, 0) is 0 Å². The first-order valence-corrected chi connectivity index (χ1v) is 9.39. The fourth-order valence-electron chi connectivity index (χ4n) is 3.41. The Balaban J connectivity index is 1.87. The van der Waals surface area contributed by atoms with Crippen LogP contribution in [0.1, 0.15) is 18.7 Å². The molecular weight excluding hydrogens is 388 g/mol. The predicted molar refractivity (Wildman–Crippen MR) is 113 cm³/mol. The van der Waals surface area contributed by atoms with E-state index in [9.17, 15) is 13.6 Å². The van der Waals surface area contributed by atoms with Gasteiger partial charge in [0.2, 0.25) is 5.43 Å². The second-order valence-electron chi connectivity index (χ2n) is 6.92. The Morgan fingerprint density at radius 1 is 0.967 bits per heavy atom. The third-order valence-electron chi connectivity index (χ3n) is 4.86. The average molecular weight is 407 g/mol. The summed E-state index contributed by atoms with van der Waals surface area (Å²) < 4.78 is 38.8. The number of benzene rings is 3. The summed E-state index contributed by atoms with van der Waals surface area (Å²) >= 11 is 0. The highest BCUT2D eigenvalue weighted by Gasteiger charge is 2.21. The lowest BCUT2D eigenvalue weighted by Gasteiger charge is -2.19. The maximum atomic E-state index is 13.9. The molecule has 0 radical (unpaired) electrons. The van der Waals surface area contributed by atoms with Crippen molar-refractivity contribution in [3.05, 3.63) is 94.3 Å². The van der Waals surface area contributed by atoms with E-state index in [-0.39, 0.29) is 16.5 Å². The van der Waals surface area contributed by atoms with Gasteiger partial charge in [-0.25, -0.2) is 8.78 Å². The zero-order chi connectivity index (χ0) is 21.3. The first-order chi connectivity index (χ1) is 14.5. The van der Waals surface area contributed by atoms with Crippen LogP contribution in [0.2, 0.25) is 0 Å². The number of halogens is 2. The molecule has 1 heterocycles. The van der Waals surface area contributed by atoms with Crippen LogP contribution in [0.4, 0.5) is 14.5 Å². The number of fused-ring (bicyclic) bond motifs is 1. The second-order valence-corrected chi connectivity index (χ2v) is 6.92. The molecule has 3 aromatic carbocycles. The van der Waals surface area contributed by atoms with Crippen LogP contribution in [0, 0.1) is 11.6 Å². The monoisotopic (exact) mass is 407 g/mol. The van der Waals surface area contributed by atoms with E-state index < -0.39 is 23.1 Å². The minimum absolute atomic E-state index is 0.106. The summed E-state index contributed by atoms with van der Waals surface area (Å²) in [6, 6.07) is 16.4. The van der Waals surface area contributed by atoms with Crippen molar-refractivity contribution in [3.8, 4) is 16.9 Å². The van der Waals surface area contributed by atoms with Gasteiger partial charge in [-0.1, -0.05) is 12.1 Å². The van der Waals surface area contributed by atoms with E-state index in [0.29, 0.717) is 17.1 Å². The molecule has 1 unspecified atom stereocenters. The molecule has 152 valence electrons. The van der Waals surface area contributed by atoms with Crippen LogP contribution in [0.25, 0.3) is 22.1 Å². The molecule has 1 aromatic heterocycles. The predicted octanol–water partition coefficient (Wildman–Crippen LogP) is 5.92. The number of methoxy groups -OCH3 is 1. The Labute approximate surface area is 171 Å². The molecular formula is C24H19F2NO3. The van der Waals surface area contributed by atoms with Crippen molar-refractivity contribution >= 4 is 16.7 Å². The van der Waals surface area contributed by atoms with E-state index in [1.54, 1.807) is 13.2 Å². The Morgan fingerprint density at radius 2 is 1.70 bits per heavy atom. The van der Waals surface area contributed by atoms with Gasteiger partial charge >= 0.3 is 0 Å². The van der Waals surface area contributed by atoms with E-state index in [2.05, 4.69) is 5.32 Å². The SMILES string of the molecule is COc1ccc(NC(C)c2oc3ccc(F)cc3c(=O)c2-c2cccc(F)c2)cc1. The van der Waals surface area contributed by atoms with Crippen molar-refractivity contribution in [2.24, 2.45) is 0 Å². The van der Waals surface area contributed by atoms with E-state index in [1.807, 2.05) is 31.2 Å². The molecule has 4 nitrogen and oxygen atoms in total. The maximum Gasteiger partial charge on any atom is 0.200 e. The molecule has 6 heteroatoms. The lowest BCUT2D eigenvalue weighted by Crippen LogP contribution is -2.15. The number of nitrogens with one attached hydrogen (secondary N) is 1. The molecule has 0 amide bonds. The van der Waals surface area contributed by atoms with Crippen LogP contribution in [0.5, 0.6) is 5.75 Å². The van der Waals surface area contributed by atoms with E-state index in [4.69, 9.17) is 9.15 Å². The maximum absolute atomic E-state index is 13.9. The minimum atomic E-state index is -0.544. The highest BCUT2D eigenvalue weighted by Crippen LogP contribution is 2.31. The largest absolute Gasteiger partial charge is 0.497 e. The highest BCUT2D eigenvalue weighted by atomic mass is 19.1. The smallest absolute Gasteiger partial charge is 0.200 e. The molecule has 0 aliphatic carbocycles. The topological polar surface area (TPSA) is 51.5 Å². The van der Waals surface area contributed by atoms with Gasteiger partial charge < -0.3 is 14.5 Å². The van der Waals surface area contributed by atoms with Crippen LogP contribution in [0.15, 0.2) is 75.9 Å². The van der Waals surface area contributed by atoms with Gasteiger partial charge in [0.25, 0.3) is 0 Å². The first-order valence-electron chi connectivity index (χ1n) is 9.39. The van der Waals surface area contributed by atoms with E-state index >= 15 is 0 Å². The van der Waals surface area contributed by atoms with Gasteiger partial charge in [0.15, 0.2) is 0 Å². The fraction of sp³-hybridized carbons (Fsp3) is 0.125. The normalized spacial score (nSPS) is 12.0. The summed E-state index contributed by atoms with van der Waals surface area (Å²) in [7, 11) is 1.59. The molecule has 0 aliphatic rings. The highest BCUT2D eigenvalue weighted by molar-refractivity contribution is 5.83. The molecule has 30 heavy (non-hydrogen) atoms. The molecule has 1 atom stereocenters. The van der Waals surface area contributed by atoms with Crippen molar-refractivity contribution in [1.29, 1.82) is 0 Å². The molecule has 0 bridgehead atoms. The third kappa shape index (κ3) is 3.76. The summed E-state index contributed by atoms with van der Waals surface area (Å²) in [5, 5.41) is 3.39. The summed E-state index contributed by atoms with van der Waals surface area (Å²) in [4.78, 5) is 13.3. The van der Waals surface area contributed by atoms with Gasteiger partial charge in [0.1, 0.15) is 28.7 Å². The van der Waals surface area contributed by atoms with Crippen LogP contribution in [-0.4, -0.2) is 7.11 Å². The summed E-state index contributed by atoms with van der Waals surface area (Å²) in [5.74, 6) is 0.0264.